The van der Waals surface area contributed by atoms with E-state index in [1.807, 2.05) is 41.3 Å². The summed E-state index contributed by atoms with van der Waals surface area (Å²) in [7, 11) is 0. The van der Waals surface area contributed by atoms with Crippen molar-refractivity contribution in [1.29, 1.82) is 0 Å². The number of halogens is 3. The molecule has 1 aliphatic heterocycles. The first kappa shape index (κ1) is 21.3. The van der Waals surface area contributed by atoms with Crippen LogP contribution in [-0.4, -0.2) is 19.6 Å². The number of alkyl halides is 3. The lowest BCUT2D eigenvalue weighted by molar-refractivity contribution is -0.137. The van der Waals surface area contributed by atoms with E-state index >= 15 is 0 Å². The molecule has 0 saturated carbocycles. The van der Waals surface area contributed by atoms with E-state index in [0.717, 1.165) is 29.3 Å². The Hall–Kier alpha value is -3.59. The highest BCUT2D eigenvalue weighted by Crippen LogP contribution is 2.41. The number of nitrogens with one attached hydrogen (secondary N) is 1. The third-order valence-corrected chi connectivity index (χ3v) is 5.99. The van der Waals surface area contributed by atoms with Gasteiger partial charge in [-0.2, -0.15) is 13.2 Å². The van der Waals surface area contributed by atoms with Crippen LogP contribution in [0.5, 0.6) is 0 Å². The molecule has 1 N–H and O–H groups in total. The number of thiocarbonyl (C=S) groups is 1. The molecule has 33 heavy (non-hydrogen) atoms. The van der Waals surface area contributed by atoms with Gasteiger partial charge in [0.25, 0.3) is 0 Å². The van der Waals surface area contributed by atoms with Gasteiger partial charge >= 0.3 is 6.18 Å². The maximum atomic E-state index is 13.4. The van der Waals surface area contributed by atoms with E-state index in [1.165, 1.54) is 6.07 Å². The van der Waals surface area contributed by atoms with Gasteiger partial charge < -0.3 is 19.2 Å². The molecule has 0 bridgehead atoms. The standard InChI is InChI=1S/C24H19F3N4OS/c25-24(26,27)16-6-3-7-17(14-16)30-12-4-10-20(30)22-21(19-9-1-2-11-28-19)29-23(33)31(22)15-18-8-5-13-32-18/h1-14,21-22H,15H2,(H,29,33)/t21-,22+/m1/s1. The van der Waals surface area contributed by atoms with Gasteiger partial charge in [-0.1, -0.05) is 12.1 Å². The van der Waals surface area contributed by atoms with Crippen molar-refractivity contribution < 1.29 is 17.6 Å². The average molecular weight is 469 g/mol. The quantitative estimate of drug-likeness (QED) is 0.383. The summed E-state index contributed by atoms with van der Waals surface area (Å²) in [4.78, 5) is 6.48. The lowest BCUT2D eigenvalue weighted by Gasteiger charge is -2.28. The van der Waals surface area contributed by atoms with E-state index in [2.05, 4.69) is 10.3 Å². The minimum absolute atomic E-state index is 0.298. The van der Waals surface area contributed by atoms with E-state index in [-0.39, 0.29) is 12.1 Å². The van der Waals surface area contributed by atoms with Crippen LogP contribution in [0.15, 0.2) is 89.8 Å². The minimum atomic E-state index is -4.43. The first-order valence-electron chi connectivity index (χ1n) is 10.3. The van der Waals surface area contributed by atoms with Gasteiger partial charge in [0, 0.05) is 23.8 Å². The van der Waals surface area contributed by atoms with E-state index in [0.29, 0.717) is 17.3 Å². The van der Waals surface area contributed by atoms with Crippen LogP contribution in [0.1, 0.15) is 34.8 Å². The van der Waals surface area contributed by atoms with Crippen molar-refractivity contribution in [2.75, 3.05) is 0 Å². The van der Waals surface area contributed by atoms with Gasteiger partial charge in [-0.05, 0) is 66.8 Å². The fourth-order valence-electron chi connectivity index (χ4n) is 4.17. The average Bonchev–Trinajstić information content (AvgIpc) is 3.55. The smallest absolute Gasteiger partial charge is 0.416 e. The molecule has 0 radical (unpaired) electrons. The molecule has 1 saturated heterocycles. The Labute approximate surface area is 193 Å². The van der Waals surface area contributed by atoms with Crippen LogP contribution >= 0.6 is 12.2 Å². The molecule has 168 valence electrons. The molecule has 1 fully saturated rings. The lowest BCUT2D eigenvalue weighted by atomic mass is 10.0. The number of hydrogen-bond donors (Lipinski definition) is 1. The van der Waals surface area contributed by atoms with Crippen LogP contribution in [0, 0.1) is 0 Å². The number of aromatic nitrogens is 2. The summed E-state index contributed by atoms with van der Waals surface area (Å²) in [6.45, 7) is 0.403. The summed E-state index contributed by atoms with van der Waals surface area (Å²) in [6.07, 6.45) is 0.630. The molecule has 1 aromatic carbocycles. The fourth-order valence-corrected chi connectivity index (χ4v) is 4.48. The number of nitrogens with zero attached hydrogens (tertiary/aromatic N) is 3. The maximum absolute atomic E-state index is 13.4. The summed E-state index contributed by atoms with van der Waals surface area (Å²) in [5, 5.41) is 3.86. The lowest BCUT2D eigenvalue weighted by Crippen LogP contribution is -2.29. The van der Waals surface area contributed by atoms with Crippen molar-refractivity contribution in [2.45, 2.75) is 24.8 Å². The molecular weight excluding hydrogens is 449 g/mol. The molecular formula is C24H19F3N4OS. The Morgan fingerprint density at radius 2 is 1.91 bits per heavy atom. The van der Waals surface area contributed by atoms with Crippen molar-refractivity contribution in [3.63, 3.8) is 0 Å². The zero-order valence-corrected chi connectivity index (χ0v) is 18.1. The Kier molecular flexibility index (Phi) is 5.41. The van der Waals surface area contributed by atoms with E-state index in [1.54, 1.807) is 35.4 Å². The van der Waals surface area contributed by atoms with Crippen LogP contribution in [-0.2, 0) is 12.7 Å². The molecule has 2 atom stereocenters. The molecule has 4 aromatic rings. The van der Waals surface area contributed by atoms with Crippen LogP contribution in [0.3, 0.4) is 0 Å². The van der Waals surface area contributed by atoms with Crippen LogP contribution in [0.4, 0.5) is 13.2 Å². The van der Waals surface area contributed by atoms with Crippen molar-refractivity contribution in [3.05, 3.63) is 108 Å². The SMILES string of the molecule is FC(F)(F)c1cccc(-n2cccc2[C@H]2[C@@H](c3ccccn3)NC(=S)N2Cc2ccco2)c1. The highest BCUT2D eigenvalue weighted by atomic mass is 32.1. The van der Waals surface area contributed by atoms with Gasteiger partial charge in [0.05, 0.1) is 36.1 Å². The fraction of sp³-hybridized carbons (Fsp3) is 0.167. The minimum Gasteiger partial charge on any atom is -0.467 e. The van der Waals surface area contributed by atoms with Gasteiger partial charge in [-0.3, -0.25) is 4.98 Å². The van der Waals surface area contributed by atoms with Gasteiger partial charge in [-0.15, -0.1) is 0 Å². The number of rotatable bonds is 5. The summed E-state index contributed by atoms with van der Waals surface area (Å²) in [5.41, 5.74) is 1.28. The number of furan rings is 1. The second-order valence-electron chi connectivity index (χ2n) is 7.69. The Balaban J connectivity index is 1.60. The number of benzene rings is 1. The Morgan fingerprint density at radius 1 is 1.03 bits per heavy atom. The second kappa shape index (κ2) is 8.40. The molecule has 0 spiro atoms. The molecule has 0 unspecified atom stereocenters. The summed E-state index contributed by atoms with van der Waals surface area (Å²) in [5.74, 6) is 0.725. The molecule has 9 heteroatoms. The van der Waals surface area contributed by atoms with Crippen LogP contribution in [0.25, 0.3) is 5.69 Å². The molecule has 4 heterocycles. The first-order chi connectivity index (χ1) is 15.9. The zero-order valence-electron chi connectivity index (χ0n) is 17.2. The van der Waals surface area contributed by atoms with Gasteiger partial charge in [-0.25, -0.2) is 0 Å². The van der Waals surface area contributed by atoms with Crippen molar-refractivity contribution >= 4 is 17.3 Å². The Bertz CT molecular complexity index is 1250. The molecule has 1 aliphatic rings. The van der Waals surface area contributed by atoms with Crippen LogP contribution < -0.4 is 5.32 Å². The monoisotopic (exact) mass is 468 g/mol. The second-order valence-corrected chi connectivity index (χ2v) is 8.07. The first-order valence-corrected chi connectivity index (χ1v) is 10.7. The van der Waals surface area contributed by atoms with Gasteiger partial charge in [0.2, 0.25) is 0 Å². The van der Waals surface area contributed by atoms with Crippen LogP contribution in [0.2, 0.25) is 0 Å². The molecule has 0 amide bonds. The summed E-state index contributed by atoms with van der Waals surface area (Å²) < 4.78 is 47.4. The highest BCUT2D eigenvalue weighted by Gasteiger charge is 2.41. The third-order valence-electron chi connectivity index (χ3n) is 5.64. The molecule has 5 rings (SSSR count). The summed E-state index contributed by atoms with van der Waals surface area (Å²) in [6, 6.07) is 17.7. The van der Waals surface area contributed by atoms with Crippen molar-refractivity contribution in [2.24, 2.45) is 0 Å². The molecule has 5 nitrogen and oxygen atoms in total. The largest absolute Gasteiger partial charge is 0.467 e. The van der Waals surface area contributed by atoms with E-state index in [9.17, 15) is 13.2 Å². The van der Waals surface area contributed by atoms with E-state index in [4.69, 9.17) is 16.6 Å². The predicted octanol–water partition coefficient (Wildman–Crippen LogP) is 5.66. The normalized spacial score (nSPS) is 18.5. The van der Waals surface area contributed by atoms with E-state index < -0.39 is 11.7 Å². The Morgan fingerprint density at radius 3 is 2.64 bits per heavy atom. The zero-order chi connectivity index (χ0) is 23.0. The maximum Gasteiger partial charge on any atom is 0.416 e. The van der Waals surface area contributed by atoms with Gasteiger partial charge in [0.1, 0.15) is 5.76 Å². The van der Waals surface area contributed by atoms with Crippen molar-refractivity contribution in [1.82, 2.24) is 19.8 Å². The number of hydrogen-bond acceptors (Lipinski definition) is 3. The third kappa shape index (κ3) is 4.11. The van der Waals surface area contributed by atoms with Crippen molar-refractivity contribution in [3.8, 4) is 5.69 Å². The summed E-state index contributed by atoms with van der Waals surface area (Å²) >= 11 is 5.66. The highest BCUT2D eigenvalue weighted by molar-refractivity contribution is 7.80. The van der Waals surface area contributed by atoms with Gasteiger partial charge in [0.15, 0.2) is 5.11 Å². The molecule has 3 aromatic heterocycles. The number of pyridine rings is 1. The predicted molar refractivity (Wildman–Crippen MR) is 120 cm³/mol. The topological polar surface area (TPSA) is 46.2 Å². The molecule has 0 aliphatic carbocycles.